The van der Waals surface area contributed by atoms with Gasteiger partial charge >= 0.3 is 0 Å². The van der Waals surface area contributed by atoms with Crippen molar-refractivity contribution in [2.75, 3.05) is 12.8 Å². The Labute approximate surface area is 85.5 Å². The Hall–Kier alpha value is -2.04. The summed E-state index contributed by atoms with van der Waals surface area (Å²) in [6, 6.07) is 2.67. The van der Waals surface area contributed by atoms with Crippen molar-refractivity contribution in [3.8, 4) is 17.1 Å². The van der Waals surface area contributed by atoms with Gasteiger partial charge in [0.1, 0.15) is 11.6 Å². The lowest BCUT2D eigenvalue weighted by atomic mass is 10.1. The van der Waals surface area contributed by atoms with Crippen LogP contribution in [0.5, 0.6) is 5.75 Å². The lowest BCUT2D eigenvalue weighted by Gasteiger charge is -2.07. The first-order valence-electron chi connectivity index (χ1n) is 4.24. The number of halogens is 1. The van der Waals surface area contributed by atoms with E-state index in [4.69, 9.17) is 14.9 Å². The molecule has 78 valence electrons. The predicted molar refractivity (Wildman–Crippen MR) is 52.9 cm³/mol. The van der Waals surface area contributed by atoms with E-state index in [-0.39, 0.29) is 5.69 Å². The maximum absolute atomic E-state index is 13.2. The van der Waals surface area contributed by atoms with Gasteiger partial charge in [0.2, 0.25) is 0 Å². The number of ether oxygens (including phenoxy) is 1. The molecule has 0 aliphatic carbocycles. The van der Waals surface area contributed by atoms with E-state index in [2.05, 4.69) is 4.98 Å². The molecule has 0 saturated carbocycles. The number of rotatable bonds is 2. The number of nitrogen functional groups attached to an aromatic ring is 1. The zero-order chi connectivity index (χ0) is 10.8. The molecule has 2 rings (SSSR count). The fourth-order valence-corrected chi connectivity index (χ4v) is 1.28. The molecule has 0 spiro atoms. The van der Waals surface area contributed by atoms with E-state index in [1.807, 2.05) is 0 Å². The van der Waals surface area contributed by atoms with Gasteiger partial charge in [0.15, 0.2) is 12.2 Å². The molecule has 0 radical (unpaired) electrons. The third-order valence-corrected chi connectivity index (χ3v) is 2.02. The number of aromatic nitrogens is 1. The van der Waals surface area contributed by atoms with Gasteiger partial charge in [0.25, 0.3) is 0 Å². The van der Waals surface area contributed by atoms with Gasteiger partial charge in [-0.1, -0.05) is 0 Å². The molecular weight excluding hydrogens is 199 g/mol. The van der Waals surface area contributed by atoms with Gasteiger partial charge < -0.3 is 14.9 Å². The zero-order valence-electron chi connectivity index (χ0n) is 8.03. The molecular formula is C10H9FN2O2. The van der Waals surface area contributed by atoms with E-state index in [0.717, 1.165) is 0 Å². The van der Waals surface area contributed by atoms with Crippen LogP contribution in [0.2, 0.25) is 0 Å². The minimum absolute atomic E-state index is 0.0371. The van der Waals surface area contributed by atoms with Gasteiger partial charge in [0, 0.05) is 6.07 Å². The maximum atomic E-state index is 13.2. The topological polar surface area (TPSA) is 61.3 Å². The first-order chi connectivity index (χ1) is 7.22. The van der Waals surface area contributed by atoms with E-state index in [1.54, 1.807) is 0 Å². The summed E-state index contributed by atoms with van der Waals surface area (Å²) in [7, 11) is 1.48. The number of benzene rings is 1. The van der Waals surface area contributed by atoms with Crippen molar-refractivity contribution >= 4 is 5.69 Å². The molecule has 0 saturated heterocycles. The fraction of sp³-hybridized carbons (Fsp3) is 0.100. The molecule has 1 aromatic heterocycles. The third-order valence-electron chi connectivity index (χ3n) is 2.02. The number of anilines is 1. The molecule has 0 amide bonds. The molecule has 4 nitrogen and oxygen atoms in total. The van der Waals surface area contributed by atoms with Gasteiger partial charge in [-0.05, 0) is 6.07 Å². The molecule has 0 bridgehead atoms. The Bertz CT molecular complexity index is 469. The highest BCUT2D eigenvalue weighted by molar-refractivity contribution is 5.69. The molecule has 2 N–H and O–H groups in total. The van der Waals surface area contributed by atoms with Gasteiger partial charge in [-0.15, -0.1) is 0 Å². The molecule has 1 aromatic carbocycles. The van der Waals surface area contributed by atoms with E-state index >= 15 is 0 Å². The van der Waals surface area contributed by atoms with Crippen LogP contribution in [0, 0.1) is 5.82 Å². The third kappa shape index (κ3) is 1.63. The number of methoxy groups -OCH3 is 1. The van der Waals surface area contributed by atoms with Crippen LogP contribution >= 0.6 is 0 Å². The van der Waals surface area contributed by atoms with Gasteiger partial charge in [-0.2, -0.15) is 0 Å². The summed E-state index contributed by atoms with van der Waals surface area (Å²) < 4.78 is 23.4. The van der Waals surface area contributed by atoms with E-state index in [9.17, 15) is 4.39 Å². The second-order valence-corrected chi connectivity index (χ2v) is 2.94. The molecule has 0 aliphatic rings. The lowest BCUT2D eigenvalue weighted by Crippen LogP contribution is -1.94. The number of hydrogen-bond donors (Lipinski definition) is 1. The maximum Gasteiger partial charge on any atom is 0.181 e. The van der Waals surface area contributed by atoms with Crippen LogP contribution in [-0.4, -0.2) is 12.1 Å². The minimum Gasteiger partial charge on any atom is -0.496 e. The highest BCUT2D eigenvalue weighted by Gasteiger charge is 2.12. The molecule has 1 heterocycles. The number of nitrogens with zero attached hydrogens (tertiary/aromatic N) is 1. The van der Waals surface area contributed by atoms with Crippen molar-refractivity contribution in [1.29, 1.82) is 0 Å². The SMILES string of the molecule is COc1cc(N)c(F)cc1-c1cnco1. The second-order valence-electron chi connectivity index (χ2n) is 2.94. The number of oxazole rings is 1. The second kappa shape index (κ2) is 3.61. The number of hydrogen-bond acceptors (Lipinski definition) is 4. The standard InChI is InChI=1S/C10H9FN2O2/c1-14-9-3-8(12)7(11)2-6(9)10-4-13-5-15-10/h2-5H,12H2,1H3. The highest BCUT2D eigenvalue weighted by Crippen LogP contribution is 2.32. The summed E-state index contributed by atoms with van der Waals surface area (Å²) in [5, 5.41) is 0. The van der Waals surface area contributed by atoms with Crippen LogP contribution in [0.3, 0.4) is 0 Å². The Morgan fingerprint density at radius 3 is 2.87 bits per heavy atom. The van der Waals surface area contributed by atoms with Gasteiger partial charge in [-0.25, -0.2) is 9.37 Å². The van der Waals surface area contributed by atoms with Crippen molar-refractivity contribution in [3.63, 3.8) is 0 Å². The Morgan fingerprint density at radius 1 is 1.47 bits per heavy atom. The van der Waals surface area contributed by atoms with Crippen LogP contribution in [0.15, 0.2) is 29.1 Å². The fourth-order valence-electron chi connectivity index (χ4n) is 1.28. The molecule has 2 aromatic rings. The average molecular weight is 208 g/mol. The molecule has 0 fully saturated rings. The Kier molecular flexibility index (Phi) is 2.29. The summed E-state index contributed by atoms with van der Waals surface area (Å²) in [5.41, 5.74) is 5.94. The van der Waals surface area contributed by atoms with Crippen molar-refractivity contribution in [3.05, 3.63) is 30.5 Å². The molecule has 5 heteroatoms. The highest BCUT2D eigenvalue weighted by atomic mass is 19.1. The summed E-state index contributed by atoms with van der Waals surface area (Å²) >= 11 is 0. The van der Waals surface area contributed by atoms with Gasteiger partial charge in [-0.3, -0.25) is 0 Å². The van der Waals surface area contributed by atoms with Crippen LogP contribution in [0.4, 0.5) is 10.1 Å². The average Bonchev–Trinajstić information content (AvgIpc) is 2.74. The largest absolute Gasteiger partial charge is 0.496 e. The van der Waals surface area contributed by atoms with Crippen molar-refractivity contribution in [1.82, 2.24) is 4.98 Å². The predicted octanol–water partition coefficient (Wildman–Crippen LogP) is 2.07. The summed E-state index contributed by atoms with van der Waals surface area (Å²) in [5.74, 6) is 0.374. The van der Waals surface area contributed by atoms with Crippen LogP contribution in [-0.2, 0) is 0 Å². The lowest BCUT2D eigenvalue weighted by molar-refractivity contribution is 0.414. The quantitative estimate of drug-likeness (QED) is 0.767. The first-order valence-corrected chi connectivity index (χ1v) is 4.24. The summed E-state index contributed by atoms with van der Waals surface area (Å²) in [6.07, 6.45) is 2.75. The molecule has 0 aliphatic heterocycles. The van der Waals surface area contributed by atoms with Crippen molar-refractivity contribution in [2.24, 2.45) is 0 Å². The van der Waals surface area contributed by atoms with E-state index in [1.165, 1.54) is 31.8 Å². The first kappa shape index (κ1) is 9.51. The van der Waals surface area contributed by atoms with Gasteiger partial charge in [0.05, 0.1) is 24.6 Å². The molecule has 0 unspecified atom stereocenters. The summed E-state index contributed by atoms with van der Waals surface area (Å²) in [4.78, 5) is 3.75. The van der Waals surface area contributed by atoms with E-state index in [0.29, 0.717) is 17.1 Å². The zero-order valence-corrected chi connectivity index (χ0v) is 8.03. The minimum atomic E-state index is -0.512. The van der Waals surface area contributed by atoms with Crippen LogP contribution in [0.25, 0.3) is 11.3 Å². The smallest absolute Gasteiger partial charge is 0.181 e. The van der Waals surface area contributed by atoms with Crippen molar-refractivity contribution < 1.29 is 13.5 Å². The normalized spacial score (nSPS) is 10.3. The number of nitrogens with two attached hydrogens (primary N) is 1. The van der Waals surface area contributed by atoms with Crippen LogP contribution in [0.1, 0.15) is 0 Å². The molecule has 15 heavy (non-hydrogen) atoms. The molecule has 0 atom stereocenters. The van der Waals surface area contributed by atoms with E-state index < -0.39 is 5.82 Å². The van der Waals surface area contributed by atoms with Crippen molar-refractivity contribution in [2.45, 2.75) is 0 Å². The monoisotopic (exact) mass is 208 g/mol. The Balaban J connectivity index is 2.60. The van der Waals surface area contributed by atoms with Crippen LogP contribution < -0.4 is 10.5 Å². The Morgan fingerprint density at radius 2 is 2.27 bits per heavy atom. The summed E-state index contributed by atoms with van der Waals surface area (Å²) in [6.45, 7) is 0.